The van der Waals surface area contributed by atoms with Crippen LogP contribution in [0, 0.1) is 5.92 Å². The molecular weight excluding hydrogens is 276 g/mol. The van der Waals surface area contributed by atoms with Gasteiger partial charge in [-0.15, -0.1) is 11.8 Å². The molecule has 1 aliphatic carbocycles. The van der Waals surface area contributed by atoms with Crippen LogP contribution in [0.1, 0.15) is 36.0 Å². The van der Waals surface area contributed by atoms with E-state index in [1.54, 1.807) is 0 Å². The molecule has 108 valence electrons. The van der Waals surface area contributed by atoms with Crippen molar-refractivity contribution in [2.45, 2.75) is 35.8 Å². The molecule has 0 bridgehead atoms. The van der Waals surface area contributed by atoms with Gasteiger partial charge in [-0.3, -0.25) is 4.79 Å². The average molecular weight is 296 g/mol. The Morgan fingerprint density at radius 3 is 2.33 bits per heavy atom. The van der Waals surface area contributed by atoms with E-state index in [0.717, 1.165) is 5.56 Å². The minimum atomic E-state index is 0.293. The maximum Gasteiger partial charge on any atom is 0.163 e. The van der Waals surface area contributed by atoms with E-state index in [4.69, 9.17) is 0 Å². The number of hydrogen-bond acceptors (Lipinski definition) is 2. The van der Waals surface area contributed by atoms with Gasteiger partial charge >= 0.3 is 0 Å². The summed E-state index contributed by atoms with van der Waals surface area (Å²) in [5.74, 6) is 0.809. The van der Waals surface area contributed by atoms with Gasteiger partial charge in [0.25, 0.3) is 0 Å². The number of rotatable bonds is 5. The first-order valence-corrected chi connectivity index (χ1v) is 8.51. The average Bonchev–Trinajstić information content (AvgIpc) is 2.96. The van der Waals surface area contributed by atoms with Crippen LogP contribution in [-0.2, 0) is 0 Å². The summed E-state index contributed by atoms with van der Waals surface area (Å²) in [6, 6.07) is 20.2. The van der Waals surface area contributed by atoms with Gasteiger partial charge < -0.3 is 0 Å². The van der Waals surface area contributed by atoms with E-state index in [1.165, 1.54) is 24.2 Å². The Morgan fingerprint density at radius 2 is 1.62 bits per heavy atom. The Hall–Kier alpha value is -1.54. The van der Waals surface area contributed by atoms with Crippen LogP contribution in [0.25, 0.3) is 0 Å². The first-order chi connectivity index (χ1) is 10.3. The quantitative estimate of drug-likeness (QED) is 0.704. The highest BCUT2D eigenvalue weighted by Crippen LogP contribution is 2.40. The molecule has 1 saturated carbocycles. The summed E-state index contributed by atoms with van der Waals surface area (Å²) in [6.45, 7) is 0. The van der Waals surface area contributed by atoms with Gasteiger partial charge in [-0.05, 0) is 30.9 Å². The van der Waals surface area contributed by atoms with Crippen molar-refractivity contribution in [1.29, 1.82) is 0 Å². The van der Waals surface area contributed by atoms with Crippen molar-refractivity contribution in [3.63, 3.8) is 0 Å². The van der Waals surface area contributed by atoms with E-state index in [1.807, 2.05) is 42.1 Å². The second kappa shape index (κ2) is 6.95. The fourth-order valence-electron chi connectivity index (χ4n) is 3.05. The standard InChI is InChI=1S/C19H20OS/c20-18(15-8-3-1-4-9-15)14-16-10-7-13-19(16)21-17-11-5-2-6-12-17/h1-6,8-9,11-12,16,19H,7,10,13-14H2. The zero-order chi connectivity index (χ0) is 14.5. The van der Waals surface area contributed by atoms with Crippen molar-refractivity contribution < 1.29 is 4.79 Å². The van der Waals surface area contributed by atoms with E-state index in [2.05, 4.69) is 30.3 Å². The van der Waals surface area contributed by atoms with Gasteiger partial charge in [-0.2, -0.15) is 0 Å². The summed E-state index contributed by atoms with van der Waals surface area (Å²) in [6.07, 6.45) is 4.35. The minimum Gasteiger partial charge on any atom is -0.294 e. The lowest BCUT2D eigenvalue weighted by molar-refractivity contribution is 0.0963. The SMILES string of the molecule is O=C(CC1CCCC1Sc1ccccc1)c1ccccc1. The molecule has 0 spiro atoms. The van der Waals surface area contributed by atoms with Crippen molar-refractivity contribution in [2.75, 3.05) is 0 Å². The Labute approximate surface area is 130 Å². The number of carbonyl (C=O) groups excluding carboxylic acids is 1. The first-order valence-electron chi connectivity index (χ1n) is 7.63. The predicted molar refractivity (Wildman–Crippen MR) is 88.8 cm³/mol. The van der Waals surface area contributed by atoms with Crippen LogP contribution < -0.4 is 0 Å². The zero-order valence-electron chi connectivity index (χ0n) is 12.1. The summed E-state index contributed by atoms with van der Waals surface area (Å²) < 4.78 is 0. The van der Waals surface area contributed by atoms with Crippen LogP contribution in [0.5, 0.6) is 0 Å². The van der Waals surface area contributed by atoms with Gasteiger partial charge in [0.1, 0.15) is 0 Å². The molecule has 3 rings (SSSR count). The molecule has 0 saturated heterocycles. The van der Waals surface area contributed by atoms with Crippen LogP contribution in [0.2, 0.25) is 0 Å². The van der Waals surface area contributed by atoms with Gasteiger partial charge in [0.2, 0.25) is 0 Å². The normalized spacial score (nSPS) is 21.3. The molecule has 2 heteroatoms. The predicted octanol–water partition coefficient (Wildman–Crippen LogP) is 5.22. The molecule has 21 heavy (non-hydrogen) atoms. The van der Waals surface area contributed by atoms with Crippen molar-refractivity contribution in [3.8, 4) is 0 Å². The molecular formula is C19H20OS. The van der Waals surface area contributed by atoms with Gasteiger partial charge in [-0.1, -0.05) is 55.0 Å². The smallest absolute Gasteiger partial charge is 0.163 e. The zero-order valence-corrected chi connectivity index (χ0v) is 12.9. The molecule has 0 aliphatic heterocycles. The third-order valence-corrected chi connectivity index (χ3v) is 5.63. The molecule has 2 unspecified atom stereocenters. The lowest BCUT2D eigenvalue weighted by Gasteiger charge is -2.18. The topological polar surface area (TPSA) is 17.1 Å². The molecule has 1 fully saturated rings. The maximum absolute atomic E-state index is 12.4. The van der Waals surface area contributed by atoms with Crippen molar-refractivity contribution in [2.24, 2.45) is 5.92 Å². The molecule has 0 aromatic heterocycles. The van der Waals surface area contributed by atoms with Crippen LogP contribution in [-0.4, -0.2) is 11.0 Å². The lowest BCUT2D eigenvalue weighted by Crippen LogP contribution is -2.15. The molecule has 1 nitrogen and oxygen atoms in total. The maximum atomic E-state index is 12.4. The molecule has 0 amide bonds. The number of hydrogen-bond donors (Lipinski definition) is 0. The fraction of sp³-hybridized carbons (Fsp3) is 0.316. The number of Topliss-reactive ketones (excluding diaryl/α,β-unsaturated/α-hetero) is 1. The van der Waals surface area contributed by atoms with E-state index in [9.17, 15) is 4.79 Å². The van der Waals surface area contributed by atoms with Crippen LogP contribution in [0.4, 0.5) is 0 Å². The third-order valence-electron chi connectivity index (χ3n) is 4.16. The molecule has 0 heterocycles. The summed E-state index contributed by atoms with van der Waals surface area (Å²) >= 11 is 1.94. The molecule has 0 N–H and O–H groups in total. The van der Waals surface area contributed by atoms with E-state index in [0.29, 0.717) is 23.4 Å². The number of benzene rings is 2. The molecule has 2 aromatic rings. The van der Waals surface area contributed by atoms with Crippen LogP contribution in [0.15, 0.2) is 65.6 Å². The summed E-state index contributed by atoms with van der Waals surface area (Å²) in [4.78, 5) is 13.7. The second-order valence-corrected chi connectivity index (χ2v) is 6.97. The largest absolute Gasteiger partial charge is 0.294 e. The first kappa shape index (κ1) is 14.4. The summed E-state index contributed by atoms with van der Waals surface area (Å²) in [5, 5.41) is 0.583. The van der Waals surface area contributed by atoms with Crippen LogP contribution >= 0.6 is 11.8 Å². The van der Waals surface area contributed by atoms with Crippen LogP contribution in [0.3, 0.4) is 0 Å². The molecule has 1 aliphatic rings. The Morgan fingerprint density at radius 1 is 0.952 bits per heavy atom. The van der Waals surface area contributed by atoms with E-state index < -0.39 is 0 Å². The van der Waals surface area contributed by atoms with Crippen molar-refractivity contribution >= 4 is 17.5 Å². The molecule has 0 radical (unpaired) electrons. The number of carbonyl (C=O) groups is 1. The summed E-state index contributed by atoms with van der Waals surface area (Å²) in [7, 11) is 0. The Kier molecular flexibility index (Phi) is 4.76. The second-order valence-electron chi connectivity index (χ2n) is 5.65. The summed E-state index contributed by atoms with van der Waals surface area (Å²) in [5.41, 5.74) is 0.855. The van der Waals surface area contributed by atoms with Crippen molar-refractivity contribution in [1.82, 2.24) is 0 Å². The molecule has 2 atom stereocenters. The number of thioether (sulfide) groups is 1. The highest BCUT2D eigenvalue weighted by atomic mass is 32.2. The van der Waals surface area contributed by atoms with Gasteiger partial charge in [-0.25, -0.2) is 0 Å². The van der Waals surface area contributed by atoms with E-state index in [-0.39, 0.29) is 0 Å². The monoisotopic (exact) mass is 296 g/mol. The highest BCUT2D eigenvalue weighted by Gasteiger charge is 2.30. The molecule has 2 aromatic carbocycles. The van der Waals surface area contributed by atoms with E-state index >= 15 is 0 Å². The van der Waals surface area contributed by atoms with Gasteiger partial charge in [0.05, 0.1) is 0 Å². The van der Waals surface area contributed by atoms with Gasteiger partial charge in [0, 0.05) is 22.1 Å². The van der Waals surface area contributed by atoms with Gasteiger partial charge in [0.15, 0.2) is 5.78 Å². The minimum absolute atomic E-state index is 0.293. The third kappa shape index (κ3) is 3.76. The Bertz CT molecular complexity index is 579. The Balaban J connectivity index is 1.63. The van der Waals surface area contributed by atoms with Crippen molar-refractivity contribution in [3.05, 3.63) is 66.2 Å². The highest BCUT2D eigenvalue weighted by molar-refractivity contribution is 8.00. The number of ketones is 1. The lowest BCUT2D eigenvalue weighted by atomic mass is 9.97. The fourth-order valence-corrected chi connectivity index (χ4v) is 4.42.